The number of halogens is 2. The third-order valence-electron chi connectivity index (χ3n) is 2.48. The summed E-state index contributed by atoms with van der Waals surface area (Å²) in [5, 5.41) is 0.636. The molecule has 2 aromatic rings. The molecule has 1 aromatic carbocycles. The van der Waals surface area contributed by atoms with Crippen molar-refractivity contribution in [3.05, 3.63) is 51.3 Å². The van der Waals surface area contributed by atoms with E-state index in [-0.39, 0.29) is 0 Å². The van der Waals surface area contributed by atoms with E-state index in [4.69, 9.17) is 22.1 Å². The van der Waals surface area contributed by atoms with Gasteiger partial charge >= 0.3 is 0 Å². The van der Waals surface area contributed by atoms with Gasteiger partial charge in [0.15, 0.2) is 0 Å². The Morgan fingerprint density at radius 2 is 2.06 bits per heavy atom. The summed E-state index contributed by atoms with van der Waals surface area (Å²) in [6.07, 6.45) is 3.15. The highest BCUT2D eigenvalue weighted by Gasteiger charge is 2.17. The molecule has 94 valence electrons. The molecule has 0 aliphatic rings. The summed E-state index contributed by atoms with van der Waals surface area (Å²) >= 11 is 9.32. The van der Waals surface area contributed by atoms with Gasteiger partial charge < -0.3 is 10.5 Å². The molecule has 0 aliphatic heterocycles. The van der Waals surface area contributed by atoms with Crippen LogP contribution in [-0.2, 0) is 0 Å². The van der Waals surface area contributed by atoms with Crippen LogP contribution in [0, 0.1) is 0 Å². The number of ether oxygens (including phenoxy) is 1. The van der Waals surface area contributed by atoms with Gasteiger partial charge in [-0.1, -0.05) is 17.7 Å². The molecule has 1 heterocycles. The molecule has 0 spiro atoms. The van der Waals surface area contributed by atoms with E-state index in [0.29, 0.717) is 16.6 Å². The van der Waals surface area contributed by atoms with Crippen molar-refractivity contribution in [1.29, 1.82) is 0 Å². The van der Waals surface area contributed by atoms with Crippen molar-refractivity contribution in [2.45, 2.75) is 6.04 Å². The average Bonchev–Trinajstić information content (AvgIpc) is 2.41. The molecule has 0 bridgehead atoms. The molecule has 6 heteroatoms. The van der Waals surface area contributed by atoms with Crippen molar-refractivity contribution in [3.8, 4) is 5.88 Å². The first-order chi connectivity index (χ1) is 8.63. The van der Waals surface area contributed by atoms with E-state index < -0.39 is 6.04 Å². The Balaban J connectivity index is 2.41. The van der Waals surface area contributed by atoms with Crippen LogP contribution in [0.25, 0.3) is 0 Å². The number of methoxy groups -OCH3 is 1. The zero-order chi connectivity index (χ0) is 13.1. The highest BCUT2D eigenvalue weighted by Crippen LogP contribution is 2.29. The van der Waals surface area contributed by atoms with Gasteiger partial charge in [-0.3, -0.25) is 4.98 Å². The molecule has 1 unspecified atom stereocenters. The Bertz CT molecular complexity index is 565. The number of benzene rings is 1. The first-order valence-electron chi connectivity index (χ1n) is 5.19. The molecule has 0 amide bonds. The zero-order valence-electron chi connectivity index (χ0n) is 9.60. The maximum Gasteiger partial charge on any atom is 0.237 e. The maximum atomic E-state index is 6.17. The lowest BCUT2D eigenvalue weighted by Crippen LogP contribution is -2.15. The normalized spacial score (nSPS) is 12.2. The third-order valence-corrected chi connectivity index (χ3v) is 3.70. The van der Waals surface area contributed by atoms with Gasteiger partial charge in [0.1, 0.15) is 5.69 Å². The lowest BCUT2D eigenvalue weighted by molar-refractivity contribution is 0.387. The maximum absolute atomic E-state index is 6.17. The Morgan fingerprint density at radius 3 is 2.72 bits per heavy atom. The second-order valence-corrected chi connectivity index (χ2v) is 4.86. The van der Waals surface area contributed by atoms with Crippen molar-refractivity contribution in [2.75, 3.05) is 7.11 Å². The summed E-state index contributed by atoms with van der Waals surface area (Å²) in [5.74, 6) is 0.427. The Kier molecular flexibility index (Phi) is 4.16. The second-order valence-electron chi connectivity index (χ2n) is 3.60. The molecule has 0 radical (unpaired) electrons. The van der Waals surface area contributed by atoms with E-state index in [1.807, 2.05) is 12.1 Å². The predicted octanol–water partition coefficient (Wildman–Crippen LogP) is 2.95. The van der Waals surface area contributed by atoms with Crippen LogP contribution >= 0.6 is 27.5 Å². The molecule has 0 saturated carbocycles. The van der Waals surface area contributed by atoms with Crippen LogP contribution in [0.4, 0.5) is 0 Å². The quantitative estimate of drug-likeness (QED) is 0.941. The fraction of sp³-hybridized carbons (Fsp3) is 0.167. The van der Waals surface area contributed by atoms with Crippen LogP contribution in [0.3, 0.4) is 0 Å². The molecule has 0 aliphatic carbocycles. The van der Waals surface area contributed by atoms with Crippen molar-refractivity contribution in [2.24, 2.45) is 5.73 Å². The SMILES string of the molecule is COc1nccnc1C(N)c1ccc(Cl)c(Br)c1. The van der Waals surface area contributed by atoms with Gasteiger partial charge in [-0.15, -0.1) is 0 Å². The Labute approximate surface area is 118 Å². The summed E-state index contributed by atoms with van der Waals surface area (Å²) in [7, 11) is 1.54. The van der Waals surface area contributed by atoms with Crippen molar-refractivity contribution in [3.63, 3.8) is 0 Å². The molecule has 2 rings (SSSR count). The van der Waals surface area contributed by atoms with Crippen LogP contribution in [0.1, 0.15) is 17.3 Å². The number of hydrogen-bond acceptors (Lipinski definition) is 4. The highest BCUT2D eigenvalue weighted by atomic mass is 79.9. The van der Waals surface area contributed by atoms with Gasteiger partial charge in [0.05, 0.1) is 18.2 Å². The Morgan fingerprint density at radius 1 is 1.33 bits per heavy atom. The first-order valence-corrected chi connectivity index (χ1v) is 6.36. The van der Waals surface area contributed by atoms with E-state index in [1.165, 1.54) is 7.11 Å². The Hall–Kier alpha value is -1.17. The minimum Gasteiger partial charge on any atom is -0.480 e. The van der Waals surface area contributed by atoms with E-state index in [9.17, 15) is 0 Å². The van der Waals surface area contributed by atoms with E-state index in [2.05, 4.69) is 25.9 Å². The molecule has 1 aromatic heterocycles. The molecule has 4 nitrogen and oxygen atoms in total. The molecule has 0 fully saturated rings. The molecule has 0 saturated heterocycles. The van der Waals surface area contributed by atoms with Gasteiger partial charge in [0, 0.05) is 16.9 Å². The fourth-order valence-electron chi connectivity index (χ4n) is 1.57. The zero-order valence-corrected chi connectivity index (χ0v) is 11.9. The lowest BCUT2D eigenvalue weighted by atomic mass is 10.0. The van der Waals surface area contributed by atoms with Crippen molar-refractivity contribution in [1.82, 2.24) is 9.97 Å². The standard InChI is InChI=1S/C12H11BrClN3O/c1-18-12-11(16-4-5-17-12)10(15)7-2-3-9(14)8(13)6-7/h2-6,10H,15H2,1H3. The number of nitrogens with two attached hydrogens (primary N) is 1. The summed E-state index contributed by atoms with van der Waals surface area (Å²) in [6.45, 7) is 0. The average molecular weight is 329 g/mol. The lowest BCUT2D eigenvalue weighted by Gasteiger charge is -2.14. The largest absolute Gasteiger partial charge is 0.480 e. The van der Waals surface area contributed by atoms with Gasteiger partial charge in [-0.2, -0.15) is 0 Å². The summed E-state index contributed by atoms with van der Waals surface area (Å²) in [5.41, 5.74) is 7.64. The van der Waals surface area contributed by atoms with Crippen LogP contribution < -0.4 is 10.5 Å². The molecular weight excluding hydrogens is 318 g/mol. The summed E-state index contributed by atoms with van der Waals surface area (Å²) in [6, 6.07) is 5.08. The van der Waals surface area contributed by atoms with Gasteiger partial charge in [0.2, 0.25) is 5.88 Å². The smallest absolute Gasteiger partial charge is 0.237 e. The van der Waals surface area contributed by atoms with E-state index in [1.54, 1.807) is 18.5 Å². The van der Waals surface area contributed by atoms with Crippen molar-refractivity contribution >= 4 is 27.5 Å². The molecule has 1 atom stereocenters. The van der Waals surface area contributed by atoms with Crippen molar-refractivity contribution < 1.29 is 4.74 Å². The number of hydrogen-bond donors (Lipinski definition) is 1. The van der Waals surface area contributed by atoms with Gasteiger partial charge in [-0.25, -0.2) is 4.98 Å². The van der Waals surface area contributed by atoms with Crippen LogP contribution in [0.15, 0.2) is 35.1 Å². The van der Waals surface area contributed by atoms with E-state index in [0.717, 1.165) is 10.0 Å². The minimum absolute atomic E-state index is 0.415. The number of rotatable bonds is 3. The summed E-state index contributed by atoms with van der Waals surface area (Å²) in [4.78, 5) is 8.30. The fourth-order valence-corrected chi connectivity index (χ4v) is 2.08. The van der Waals surface area contributed by atoms with Gasteiger partial charge in [-0.05, 0) is 33.6 Å². The van der Waals surface area contributed by atoms with Crippen LogP contribution in [-0.4, -0.2) is 17.1 Å². The van der Waals surface area contributed by atoms with Crippen LogP contribution in [0.5, 0.6) is 5.88 Å². The molecule has 2 N–H and O–H groups in total. The number of aromatic nitrogens is 2. The minimum atomic E-state index is -0.415. The first kappa shape index (κ1) is 13.3. The second kappa shape index (κ2) is 5.65. The van der Waals surface area contributed by atoms with Crippen LogP contribution in [0.2, 0.25) is 5.02 Å². The topological polar surface area (TPSA) is 61.0 Å². The van der Waals surface area contributed by atoms with E-state index >= 15 is 0 Å². The van der Waals surface area contributed by atoms with Gasteiger partial charge in [0.25, 0.3) is 0 Å². The monoisotopic (exact) mass is 327 g/mol. The highest BCUT2D eigenvalue weighted by molar-refractivity contribution is 9.10. The molecule has 18 heavy (non-hydrogen) atoms. The predicted molar refractivity (Wildman–Crippen MR) is 73.8 cm³/mol. The third kappa shape index (κ3) is 2.63. The molecular formula is C12H11BrClN3O. The number of nitrogens with zero attached hydrogens (tertiary/aromatic N) is 2. The summed E-state index contributed by atoms with van der Waals surface area (Å²) < 4.78 is 5.94.